The number of benzene rings is 3. The Morgan fingerprint density at radius 3 is 2.15 bits per heavy atom. The lowest BCUT2D eigenvalue weighted by molar-refractivity contribution is -0.140. The largest absolute Gasteiger partial charge is 0.494 e. The Morgan fingerprint density at radius 1 is 0.795 bits per heavy atom. The van der Waals surface area contributed by atoms with E-state index in [1.165, 1.54) is 12.1 Å². The zero-order valence-corrected chi connectivity index (χ0v) is 22.5. The number of carbonyl (C=O) groups excluding carboxylic acids is 1. The first-order valence-electron chi connectivity index (χ1n) is 13.8. The second-order valence-corrected chi connectivity index (χ2v) is 9.97. The SMILES string of the molecule is CCCCOc1ccc(OC(=O)C2CCC(c3ccc(-c4ccc(OCCC)cc4)c(F)c3F)CC2)c(F)c1. The molecule has 4 rings (SSSR count). The van der Waals surface area contributed by atoms with Gasteiger partial charge < -0.3 is 14.2 Å². The van der Waals surface area contributed by atoms with Gasteiger partial charge in [-0.3, -0.25) is 4.79 Å². The maximum atomic E-state index is 15.2. The summed E-state index contributed by atoms with van der Waals surface area (Å²) < 4.78 is 61.0. The van der Waals surface area contributed by atoms with Gasteiger partial charge in [0.2, 0.25) is 0 Å². The minimum atomic E-state index is -0.881. The minimum Gasteiger partial charge on any atom is -0.494 e. The summed E-state index contributed by atoms with van der Waals surface area (Å²) in [4.78, 5) is 12.7. The smallest absolute Gasteiger partial charge is 0.314 e. The van der Waals surface area contributed by atoms with Gasteiger partial charge in [-0.15, -0.1) is 0 Å². The summed E-state index contributed by atoms with van der Waals surface area (Å²) in [5.74, 6) is -2.61. The zero-order chi connectivity index (χ0) is 27.8. The minimum absolute atomic E-state index is 0.140. The van der Waals surface area contributed by atoms with Crippen LogP contribution < -0.4 is 14.2 Å². The summed E-state index contributed by atoms with van der Waals surface area (Å²) in [6.45, 7) is 5.14. The lowest BCUT2D eigenvalue weighted by Crippen LogP contribution is -2.25. The molecule has 3 aromatic rings. The number of esters is 1. The molecular weight excluding hydrogens is 505 g/mol. The summed E-state index contributed by atoms with van der Waals surface area (Å²) >= 11 is 0. The van der Waals surface area contributed by atoms with Crippen LogP contribution in [0.5, 0.6) is 17.2 Å². The standard InChI is InChI=1S/C32H35F3O4/c1-3-5-19-38-25-14-17-29(28(33)20-25)39-32(36)23-8-6-21(7-9-23)26-15-16-27(31(35)30(26)34)22-10-12-24(13-11-22)37-18-4-2/h10-17,20-21,23H,3-9,18-19H2,1-2H3. The van der Waals surface area contributed by atoms with E-state index in [0.29, 0.717) is 61.5 Å². The van der Waals surface area contributed by atoms with E-state index in [0.717, 1.165) is 19.3 Å². The molecule has 0 saturated heterocycles. The van der Waals surface area contributed by atoms with Gasteiger partial charge in [-0.2, -0.15) is 0 Å². The Labute approximate surface area is 228 Å². The van der Waals surface area contributed by atoms with Crippen molar-refractivity contribution in [2.75, 3.05) is 13.2 Å². The molecule has 0 unspecified atom stereocenters. The molecule has 1 saturated carbocycles. The van der Waals surface area contributed by atoms with Crippen molar-refractivity contribution in [1.29, 1.82) is 0 Å². The predicted molar refractivity (Wildman–Crippen MR) is 145 cm³/mol. The summed E-state index contributed by atoms with van der Waals surface area (Å²) in [7, 11) is 0. The molecule has 208 valence electrons. The van der Waals surface area contributed by atoms with Gasteiger partial charge in [0.1, 0.15) is 11.5 Å². The van der Waals surface area contributed by atoms with Crippen molar-refractivity contribution >= 4 is 5.97 Å². The molecule has 4 nitrogen and oxygen atoms in total. The summed E-state index contributed by atoms with van der Waals surface area (Å²) in [5.41, 5.74) is 1.08. The normalized spacial score (nSPS) is 17.1. The van der Waals surface area contributed by atoms with Crippen LogP contribution in [0.1, 0.15) is 70.3 Å². The molecule has 0 heterocycles. The van der Waals surface area contributed by atoms with Crippen molar-refractivity contribution in [1.82, 2.24) is 0 Å². The number of carbonyl (C=O) groups is 1. The Morgan fingerprint density at radius 2 is 1.49 bits per heavy atom. The van der Waals surface area contributed by atoms with E-state index < -0.39 is 29.3 Å². The second kappa shape index (κ2) is 13.5. The van der Waals surface area contributed by atoms with Crippen LogP contribution in [0.4, 0.5) is 13.2 Å². The molecule has 0 amide bonds. The first-order valence-corrected chi connectivity index (χ1v) is 13.8. The Balaban J connectivity index is 1.35. The van der Waals surface area contributed by atoms with E-state index in [2.05, 4.69) is 0 Å². The van der Waals surface area contributed by atoms with Crippen molar-refractivity contribution in [3.63, 3.8) is 0 Å². The number of halogens is 3. The molecule has 39 heavy (non-hydrogen) atoms. The molecule has 0 atom stereocenters. The van der Waals surface area contributed by atoms with Crippen LogP contribution in [0.15, 0.2) is 54.6 Å². The first-order chi connectivity index (χ1) is 18.9. The third-order valence-electron chi connectivity index (χ3n) is 7.13. The molecule has 0 radical (unpaired) electrons. The second-order valence-electron chi connectivity index (χ2n) is 9.97. The van der Waals surface area contributed by atoms with E-state index in [4.69, 9.17) is 14.2 Å². The topological polar surface area (TPSA) is 44.8 Å². The van der Waals surface area contributed by atoms with Crippen LogP contribution in [0.25, 0.3) is 11.1 Å². The lowest BCUT2D eigenvalue weighted by Gasteiger charge is -2.28. The van der Waals surface area contributed by atoms with Gasteiger partial charge in [0.25, 0.3) is 0 Å². The molecule has 1 aliphatic carbocycles. The molecule has 0 bridgehead atoms. The van der Waals surface area contributed by atoms with E-state index in [9.17, 15) is 9.18 Å². The third kappa shape index (κ3) is 7.14. The molecule has 0 aromatic heterocycles. The summed E-state index contributed by atoms with van der Waals surface area (Å²) in [6, 6.07) is 14.4. The van der Waals surface area contributed by atoms with Crippen LogP contribution in [-0.2, 0) is 4.79 Å². The third-order valence-corrected chi connectivity index (χ3v) is 7.13. The highest BCUT2D eigenvalue weighted by molar-refractivity contribution is 5.75. The van der Waals surface area contributed by atoms with Crippen LogP contribution in [0, 0.1) is 23.4 Å². The van der Waals surface area contributed by atoms with Crippen molar-refractivity contribution in [2.45, 2.75) is 64.7 Å². The quantitative estimate of drug-likeness (QED) is 0.139. The summed E-state index contributed by atoms with van der Waals surface area (Å²) in [6.07, 6.45) is 4.63. The number of ether oxygens (including phenoxy) is 3. The molecule has 1 fully saturated rings. The van der Waals surface area contributed by atoms with Gasteiger partial charge in [0, 0.05) is 11.6 Å². The number of unbranched alkanes of at least 4 members (excludes halogenated alkanes) is 1. The average molecular weight is 541 g/mol. The van der Waals surface area contributed by atoms with Gasteiger partial charge >= 0.3 is 5.97 Å². The fourth-order valence-electron chi connectivity index (χ4n) is 4.87. The number of hydrogen-bond acceptors (Lipinski definition) is 4. The van der Waals surface area contributed by atoms with E-state index in [1.54, 1.807) is 42.5 Å². The molecule has 1 aliphatic rings. The van der Waals surface area contributed by atoms with E-state index in [-0.39, 0.29) is 17.2 Å². The van der Waals surface area contributed by atoms with Crippen LogP contribution in [0.2, 0.25) is 0 Å². The van der Waals surface area contributed by atoms with Crippen LogP contribution in [0.3, 0.4) is 0 Å². The molecule has 7 heteroatoms. The fraction of sp³-hybridized carbons (Fsp3) is 0.406. The van der Waals surface area contributed by atoms with E-state index >= 15 is 8.78 Å². The predicted octanol–water partition coefficient (Wildman–Crippen LogP) is 8.62. The van der Waals surface area contributed by atoms with E-state index in [1.807, 2.05) is 13.8 Å². The Hall–Kier alpha value is -3.48. The maximum absolute atomic E-state index is 15.2. The van der Waals surface area contributed by atoms with Gasteiger partial charge in [-0.25, -0.2) is 13.2 Å². The average Bonchev–Trinajstić information content (AvgIpc) is 2.95. The van der Waals surface area contributed by atoms with Gasteiger partial charge in [-0.05, 0) is 79.8 Å². The fourth-order valence-corrected chi connectivity index (χ4v) is 4.87. The molecule has 0 N–H and O–H groups in total. The zero-order valence-electron chi connectivity index (χ0n) is 22.5. The monoisotopic (exact) mass is 540 g/mol. The summed E-state index contributed by atoms with van der Waals surface area (Å²) in [5, 5.41) is 0. The van der Waals surface area contributed by atoms with Gasteiger partial charge in [0.05, 0.1) is 19.1 Å². The molecular formula is C32H35F3O4. The van der Waals surface area contributed by atoms with Gasteiger partial charge in [-0.1, -0.05) is 44.5 Å². The highest BCUT2D eigenvalue weighted by Gasteiger charge is 2.31. The van der Waals surface area contributed by atoms with Crippen molar-refractivity contribution < 1.29 is 32.2 Å². The number of rotatable bonds is 11. The Kier molecular flexibility index (Phi) is 9.90. The molecule has 0 spiro atoms. The van der Waals surface area contributed by atoms with Crippen LogP contribution >= 0.6 is 0 Å². The molecule has 0 aliphatic heterocycles. The first kappa shape index (κ1) is 28.5. The Bertz CT molecular complexity index is 1250. The lowest BCUT2D eigenvalue weighted by atomic mass is 9.78. The van der Waals surface area contributed by atoms with Crippen molar-refractivity contribution in [3.05, 3.63) is 77.6 Å². The molecule has 3 aromatic carbocycles. The van der Waals surface area contributed by atoms with Crippen LogP contribution in [-0.4, -0.2) is 19.2 Å². The van der Waals surface area contributed by atoms with Crippen molar-refractivity contribution in [3.8, 4) is 28.4 Å². The van der Waals surface area contributed by atoms with Crippen molar-refractivity contribution in [2.24, 2.45) is 5.92 Å². The number of hydrogen-bond donors (Lipinski definition) is 0. The van der Waals surface area contributed by atoms with Gasteiger partial charge in [0.15, 0.2) is 23.2 Å². The highest BCUT2D eigenvalue weighted by Crippen LogP contribution is 2.39. The highest BCUT2D eigenvalue weighted by atomic mass is 19.2. The maximum Gasteiger partial charge on any atom is 0.314 e.